The van der Waals surface area contributed by atoms with Gasteiger partial charge >= 0.3 is 0 Å². The molecule has 0 bridgehead atoms. The second-order valence-corrected chi connectivity index (χ2v) is 10.2. The first kappa shape index (κ1) is 25.1. The standard InChI is InChI=1S/C30H32ClN5O/c1-23-19-26(33-36(23)28-11-7-4-8-12-28)20-32-29(37)21-35-18-17-34(27-15-13-25(31)14-16-27)22-30(35,2)24-9-5-3-6-10-24/h3-16,19H,17-18,20-22H2,1-2H3,(H,32,37). The largest absolute Gasteiger partial charge is 0.368 e. The number of aryl methyl sites for hydroxylation is 1. The molecule has 0 spiro atoms. The highest BCUT2D eigenvalue weighted by Gasteiger charge is 2.40. The van der Waals surface area contributed by atoms with Crippen LogP contribution in [0.2, 0.25) is 5.02 Å². The fourth-order valence-electron chi connectivity index (χ4n) is 5.11. The van der Waals surface area contributed by atoms with Crippen LogP contribution in [0.3, 0.4) is 0 Å². The maximum atomic E-state index is 13.1. The Balaban J connectivity index is 1.28. The maximum absolute atomic E-state index is 13.1. The molecular formula is C30H32ClN5O. The predicted octanol–water partition coefficient (Wildman–Crippen LogP) is 5.19. The third-order valence-corrected chi connectivity index (χ3v) is 7.42. The quantitative estimate of drug-likeness (QED) is 0.369. The molecule has 1 aliphatic heterocycles. The molecule has 4 aromatic rings. The van der Waals surface area contributed by atoms with E-state index in [1.54, 1.807) is 0 Å². The lowest BCUT2D eigenvalue weighted by atomic mass is 9.87. The number of aromatic nitrogens is 2. The van der Waals surface area contributed by atoms with E-state index in [1.807, 2.05) is 66.2 Å². The van der Waals surface area contributed by atoms with Crippen molar-refractivity contribution in [2.45, 2.75) is 25.9 Å². The molecule has 6 nitrogen and oxygen atoms in total. The number of nitrogens with one attached hydrogen (secondary N) is 1. The molecule has 1 saturated heterocycles. The van der Waals surface area contributed by atoms with E-state index in [4.69, 9.17) is 16.7 Å². The van der Waals surface area contributed by atoms with Crippen LogP contribution in [0.25, 0.3) is 5.69 Å². The van der Waals surface area contributed by atoms with Crippen molar-refractivity contribution in [3.63, 3.8) is 0 Å². The van der Waals surface area contributed by atoms with Gasteiger partial charge in [0.15, 0.2) is 0 Å². The van der Waals surface area contributed by atoms with E-state index in [9.17, 15) is 4.79 Å². The molecule has 3 aromatic carbocycles. The third-order valence-electron chi connectivity index (χ3n) is 7.16. The molecule has 2 heterocycles. The Hall–Kier alpha value is -3.61. The molecule has 7 heteroatoms. The molecule has 1 fully saturated rings. The van der Waals surface area contributed by atoms with Gasteiger partial charge in [0.1, 0.15) is 0 Å². The van der Waals surface area contributed by atoms with Gasteiger partial charge in [-0.1, -0.05) is 60.1 Å². The van der Waals surface area contributed by atoms with Crippen LogP contribution in [-0.4, -0.2) is 46.8 Å². The van der Waals surface area contributed by atoms with Crippen LogP contribution in [-0.2, 0) is 16.9 Å². The van der Waals surface area contributed by atoms with Gasteiger partial charge in [0.05, 0.1) is 30.0 Å². The lowest BCUT2D eigenvalue weighted by Crippen LogP contribution is -2.60. The van der Waals surface area contributed by atoms with Crippen LogP contribution in [0.1, 0.15) is 23.9 Å². The number of hydrogen-bond acceptors (Lipinski definition) is 4. The van der Waals surface area contributed by atoms with Crippen molar-refractivity contribution >= 4 is 23.2 Å². The van der Waals surface area contributed by atoms with Crippen molar-refractivity contribution in [1.82, 2.24) is 20.0 Å². The van der Waals surface area contributed by atoms with Gasteiger partial charge in [0, 0.05) is 36.0 Å². The zero-order valence-electron chi connectivity index (χ0n) is 21.3. The van der Waals surface area contributed by atoms with E-state index in [0.29, 0.717) is 13.1 Å². The average Bonchev–Trinajstić information content (AvgIpc) is 3.30. The SMILES string of the molecule is Cc1cc(CNC(=O)CN2CCN(c3ccc(Cl)cc3)CC2(C)c2ccccc2)nn1-c1ccccc1. The van der Waals surface area contributed by atoms with Crippen LogP contribution < -0.4 is 10.2 Å². The molecule has 1 amide bonds. The second kappa shape index (κ2) is 10.8. The van der Waals surface area contributed by atoms with E-state index in [0.717, 1.165) is 47.4 Å². The van der Waals surface area contributed by atoms with Crippen LogP contribution >= 0.6 is 11.6 Å². The predicted molar refractivity (Wildman–Crippen MR) is 149 cm³/mol. The number of piperazine rings is 1. The summed E-state index contributed by atoms with van der Waals surface area (Å²) in [5, 5.41) is 8.52. The number of anilines is 1. The number of halogens is 1. The van der Waals surface area contributed by atoms with Crippen LogP contribution in [0.4, 0.5) is 5.69 Å². The minimum atomic E-state index is -0.331. The summed E-state index contributed by atoms with van der Waals surface area (Å²) in [7, 11) is 0. The lowest BCUT2D eigenvalue weighted by molar-refractivity contribution is -0.124. The highest BCUT2D eigenvalue weighted by molar-refractivity contribution is 6.30. The van der Waals surface area contributed by atoms with E-state index >= 15 is 0 Å². The Morgan fingerprint density at radius 2 is 1.62 bits per heavy atom. The number of carbonyl (C=O) groups is 1. The van der Waals surface area contributed by atoms with Crippen molar-refractivity contribution in [1.29, 1.82) is 0 Å². The van der Waals surface area contributed by atoms with E-state index < -0.39 is 0 Å². The second-order valence-electron chi connectivity index (χ2n) is 9.76. The monoisotopic (exact) mass is 513 g/mol. The molecular weight excluding hydrogens is 482 g/mol. The average molecular weight is 514 g/mol. The smallest absolute Gasteiger partial charge is 0.234 e. The molecule has 1 atom stereocenters. The highest BCUT2D eigenvalue weighted by atomic mass is 35.5. The first-order chi connectivity index (χ1) is 17.9. The zero-order chi connectivity index (χ0) is 25.8. The number of carbonyl (C=O) groups excluding carboxylic acids is 1. The van der Waals surface area contributed by atoms with Gasteiger partial charge in [-0.25, -0.2) is 4.68 Å². The molecule has 1 N–H and O–H groups in total. The van der Waals surface area contributed by atoms with Crippen molar-refractivity contribution in [2.75, 3.05) is 31.1 Å². The Labute approximate surface area is 223 Å². The first-order valence-electron chi connectivity index (χ1n) is 12.6. The van der Waals surface area contributed by atoms with Crippen molar-refractivity contribution in [3.8, 4) is 5.69 Å². The molecule has 1 aliphatic rings. The van der Waals surface area contributed by atoms with Gasteiger partial charge in [-0.3, -0.25) is 9.69 Å². The van der Waals surface area contributed by atoms with Gasteiger partial charge in [0.2, 0.25) is 5.91 Å². The van der Waals surface area contributed by atoms with E-state index in [1.165, 1.54) is 5.56 Å². The number of hydrogen-bond donors (Lipinski definition) is 1. The minimum absolute atomic E-state index is 0.00554. The van der Waals surface area contributed by atoms with Crippen LogP contribution in [0.15, 0.2) is 91.0 Å². The van der Waals surface area contributed by atoms with Gasteiger partial charge in [-0.15, -0.1) is 0 Å². The third kappa shape index (κ3) is 5.55. The number of rotatable bonds is 7. The summed E-state index contributed by atoms with van der Waals surface area (Å²) in [5.74, 6) is -0.00554. The van der Waals surface area contributed by atoms with Gasteiger partial charge in [-0.05, 0) is 61.9 Å². The summed E-state index contributed by atoms with van der Waals surface area (Å²) in [6.45, 7) is 7.33. The van der Waals surface area contributed by atoms with E-state index in [-0.39, 0.29) is 11.4 Å². The van der Waals surface area contributed by atoms with Crippen LogP contribution in [0.5, 0.6) is 0 Å². The lowest BCUT2D eigenvalue weighted by Gasteiger charge is -2.50. The Kier molecular flexibility index (Phi) is 7.31. The van der Waals surface area contributed by atoms with Gasteiger partial charge in [-0.2, -0.15) is 5.10 Å². The van der Waals surface area contributed by atoms with Crippen molar-refractivity contribution < 1.29 is 4.79 Å². The summed E-state index contributed by atoms with van der Waals surface area (Å²) in [5.41, 5.74) is 4.88. The Bertz CT molecular complexity index is 1340. The van der Waals surface area contributed by atoms with Crippen LogP contribution in [0, 0.1) is 6.92 Å². The van der Waals surface area contributed by atoms with Gasteiger partial charge < -0.3 is 10.2 Å². The molecule has 0 aliphatic carbocycles. The number of para-hydroxylation sites is 1. The van der Waals surface area contributed by atoms with Gasteiger partial charge in [0.25, 0.3) is 0 Å². The number of benzene rings is 3. The minimum Gasteiger partial charge on any atom is -0.368 e. The normalized spacial score (nSPS) is 18.1. The number of amides is 1. The molecule has 1 aromatic heterocycles. The van der Waals surface area contributed by atoms with Crippen molar-refractivity contribution in [2.24, 2.45) is 0 Å². The zero-order valence-corrected chi connectivity index (χ0v) is 22.0. The Morgan fingerprint density at radius 3 is 2.32 bits per heavy atom. The molecule has 190 valence electrons. The fourth-order valence-corrected chi connectivity index (χ4v) is 5.24. The molecule has 1 unspecified atom stereocenters. The summed E-state index contributed by atoms with van der Waals surface area (Å²) < 4.78 is 1.91. The summed E-state index contributed by atoms with van der Waals surface area (Å²) in [4.78, 5) is 17.8. The summed E-state index contributed by atoms with van der Waals surface area (Å²) in [6.07, 6.45) is 0. The van der Waals surface area contributed by atoms with Crippen molar-refractivity contribution in [3.05, 3.63) is 113 Å². The molecule has 0 saturated carbocycles. The summed E-state index contributed by atoms with van der Waals surface area (Å²) in [6, 6.07) is 30.5. The maximum Gasteiger partial charge on any atom is 0.234 e. The first-order valence-corrected chi connectivity index (χ1v) is 13.0. The molecule has 0 radical (unpaired) electrons. The summed E-state index contributed by atoms with van der Waals surface area (Å²) >= 11 is 6.12. The molecule has 5 rings (SSSR count). The van der Waals surface area contributed by atoms with E-state index in [2.05, 4.69) is 58.4 Å². The molecule has 37 heavy (non-hydrogen) atoms. The fraction of sp³-hybridized carbons (Fsp3) is 0.267. The topological polar surface area (TPSA) is 53.4 Å². The highest BCUT2D eigenvalue weighted by Crippen LogP contribution is 2.34. The number of nitrogens with zero attached hydrogens (tertiary/aromatic N) is 4. The Morgan fingerprint density at radius 1 is 0.946 bits per heavy atom.